The van der Waals surface area contributed by atoms with Gasteiger partial charge in [-0.25, -0.2) is 4.39 Å². The number of anilines is 2. The highest BCUT2D eigenvalue weighted by molar-refractivity contribution is 6.01. The molecule has 0 bridgehead atoms. The van der Waals surface area contributed by atoms with Crippen LogP contribution < -0.4 is 20.9 Å². The average Bonchev–Trinajstić information content (AvgIpc) is 2.52. The molecule has 0 unspecified atom stereocenters. The van der Waals surface area contributed by atoms with Crippen LogP contribution in [0.2, 0.25) is 0 Å². The number of carbonyl (C=O) groups is 2. The summed E-state index contributed by atoms with van der Waals surface area (Å²) < 4.78 is 14.3. The SMILES string of the molecule is O=C1CC[C@H](Nc2ccc(N3CCNCC3)cc2F)C(=O)N1. The molecule has 3 N–H and O–H groups in total. The van der Waals surface area contributed by atoms with E-state index in [9.17, 15) is 14.0 Å². The van der Waals surface area contributed by atoms with E-state index in [1.54, 1.807) is 6.07 Å². The lowest BCUT2D eigenvalue weighted by Gasteiger charge is -2.30. The molecular formula is C15H19FN4O2. The van der Waals surface area contributed by atoms with Crippen LogP contribution in [0, 0.1) is 5.82 Å². The minimum absolute atomic E-state index is 0.268. The highest BCUT2D eigenvalue weighted by Gasteiger charge is 2.27. The Morgan fingerprint density at radius 2 is 2.00 bits per heavy atom. The molecule has 0 aliphatic carbocycles. The molecule has 3 rings (SSSR count). The minimum Gasteiger partial charge on any atom is -0.371 e. The smallest absolute Gasteiger partial charge is 0.249 e. The quantitative estimate of drug-likeness (QED) is 0.707. The van der Waals surface area contributed by atoms with Crippen molar-refractivity contribution < 1.29 is 14.0 Å². The van der Waals surface area contributed by atoms with Crippen molar-refractivity contribution in [2.75, 3.05) is 36.4 Å². The normalized spacial score (nSPS) is 22.4. The number of nitrogens with one attached hydrogen (secondary N) is 3. The van der Waals surface area contributed by atoms with Gasteiger partial charge in [-0.3, -0.25) is 14.9 Å². The fourth-order valence-corrected chi connectivity index (χ4v) is 2.76. The van der Waals surface area contributed by atoms with Gasteiger partial charge in [-0.2, -0.15) is 0 Å². The van der Waals surface area contributed by atoms with Gasteiger partial charge in [0.2, 0.25) is 11.8 Å². The van der Waals surface area contributed by atoms with Gasteiger partial charge in [0.15, 0.2) is 0 Å². The summed E-state index contributed by atoms with van der Waals surface area (Å²) in [7, 11) is 0. The van der Waals surface area contributed by atoms with Gasteiger partial charge in [0.1, 0.15) is 11.9 Å². The molecule has 118 valence electrons. The summed E-state index contributed by atoms with van der Waals surface area (Å²) in [6.45, 7) is 3.47. The minimum atomic E-state index is -0.572. The number of hydrogen-bond acceptors (Lipinski definition) is 5. The fraction of sp³-hybridized carbons (Fsp3) is 0.467. The zero-order valence-corrected chi connectivity index (χ0v) is 12.2. The van der Waals surface area contributed by atoms with Crippen molar-refractivity contribution in [1.82, 2.24) is 10.6 Å². The summed E-state index contributed by atoms with van der Waals surface area (Å²) in [5.41, 5.74) is 1.13. The van der Waals surface area contributed by atoms with E-state index in [0.717, 1.165) is 31.9 Å². The maximum absolute atomic E-state index is 14.3. The van der Waals surface area contributed by atoms with Crippen molar-refractivity contribution in [2.45, 2.75) is 18.9 Å². The highest BCUT2D eigenvalue weighted by Crippen LogP contribution is 2.24. The fourth-order valence-electron chi connectivity index (χ4n) is 2.76. The Bertz CT molecular complexity index is 587. The molecule has 7 heteroatoms. The number of piperazine rings is 1. The molecule has 22 heavy (non-hydrogen) atoms. The van der Waals surface area contributed by atoms with E-state index in [2.05, 4.69) is 20.9 Å². The lowest BCUT2D eigenvalue weighted by Crippen LogP contribution is -2.47. The standard InChI is InChI=1S/C15H19FN4O2/c16-11-9-10(20-7-5-17-6-8-20)1-2-12(11)18-13-3-4-14(21)19-15(13)22/h1-2,9,13,17-18H,3-8H2,(H,19,21,22)/t13-/m0/s1. The van der Waals surface area contributed by atoms with E-state index >= 15 is 0 Å². The number of halogens is 1. The lowest BCUT2D eigenvalue weighted by atomic mass is 10.1. The summed E-state index contributed by atoms with van der Waals surface area (Å²) in [6.07, 6.45) is 0.646. The van der Waals surface area contributed by atoms with Gasteiger partial charge in [-0.15, -0.1) is 0 Å². The number of imide groups is 1. The monoisotopic (exact) mass is 306 g/mol. The predicted octanol–water partition coefficient (Wildman–Crippen LogP) is 0.452. The van der Waals surface area contributed by atoms with E-state index in [0.29, 0.717) is 6.42 Å². The third-order valence-electron chi connectivity index (χ3n) is 4.00. The molecule has 6 nitrogen and oxygen atoms in total. The molecule has 2 amide bonds. The third kappa shape index (κ3) is 3.19. The molecule has 2 aliphatic heterocycles. The second kappa shape index (κ2) is 6.31. The molecule has 2 aliphatic rings. The Balaban J connectivity index is 1.69. The van der Waals surface area contributed by atoms with Gasteiger partial charge in [0, 0.05) is 38.3 Å². The van der Waals surface area contributed by atoms with E-state index in [4.69, 9.17) is 0 Å². The average molecular weight is 306 g/mol. The van der Waals surface area contributed by atoms with Crippen molar-refractivity contribution in [3.8, 4) is 0 Å². The molecule has 0 saturated carbocycles. The van der Waals surface area contributed by atoms with E-state index < -0.39 is 11.9 Å². The van der Waals surface area contributed by atoms with Crippen LogP contribution >= 0.6 is 0 Å². The number of hydrogen-bond donors (Lipinski definition) is 3. The van der Waals surface area contributed by atoms with Crippen LogP contribution in [0.15, 0.2) is 18.2 Å². The summed E-state index contributed by atoms with van der Waals surface area (Å²) in [4.78, 5) is 24.9. The first-order valence-corrected chi connectivity index (χ1v) is 7.49. The molecule has 0 aromatic heterocycles. The Hall–Kier alpha value is -2.15. The van der Waals surface area contributed by atoms with Gasteiger partial charge in [0.25, 0.3) is 0 Å². The van der Waals surface area contributed by atoms with E-state index in [1.165, 1.54) is 6.07 Å². The Labute approximate surface area is 128 Å². The summed E-state index contributed by atoms with van der Waals surface area (Å²) in [6, 6.07) is 4.41. The number of amides is 2. The van der Waals surface area contributed by atoms with Crippen LogP contribution in [0.4, 0.5) is 15.8 Å². The second-order valence-corrected chi connectivity index (χ2v) is 5.55. The van der Waals surface area contributed by atoms with Crippen LogP contribution in [-0.4, -0.2) is 44.0 Å². The molecule has 2 fully saturated rings. The molecular weight excluding hydrogens is 287 g/mol. The largest absolute Gasteiger partial charge is 0.371 e. The first-order chi connectivity index (χ1) is 10.6. The molecule has 0 spiro atoms. The topological polar surface area (TPSA) is 73.5 Å². The van der Waals surface area contributed by atoms with Crippen molar-refractivity contribution in [1.29, 1.82) is 0 Å². The Morgan fingerprint density at radius 1 is 1.23 bits per heavy atom. The summed E-state index contributed by atoms with van der Waals surface area (Å²) in [5, 5.41) is 8.39. The number of piperidine rings is 1. The second-order valence-electron chi connectivity index (χ2n) is 5.55. The van der Waals surface area contributed by atoms with E-state index in [-0.39, 0.29) is 23.8 Å². The third-order valence-corrected chi connectivity index (χ3v) is 4.00. The molecule has 0 radical (unpaired) electrons. The number of benzene rings is 1. The maximum atomic E-state index is 14.3. The summed E-state index contributed by atoms with van der Waals surface area (Å²) in [5.74, 6) is -1.07. The van der Waals surface area contributed by atoms with Crippen molar-refractivity contribution in [3.63, 3.8) is 0 Å². The number of rotatable bonds is 3. The molecule has 1 aromatic rings. The number of carbonyl (C=O) groups excluding carboxylic acids is 2. The molecule has 2 saturated heterocycles. The van der Waals surface area contributed by atoms with Crippen LogP contribution in [0.1, 0.15) is 12.8 Å². The van der Waals surface area contributed by atoms with Crippen LogP contribution in [0.25, 0.3) is 0 Å². The van der Waals surface area contributed by atoms with Gasteiger partial charge in [0.05, 0.1) is 5.69 Å². The van der Waals surface area contributed by atoms with Crippen LogP contribution in [0.5, 0.6) is 0 Å². The van der Waals surface area contributed by atoms with Crippen molar-refractivity contribution >= 4 is 23.2 Å². The molecule has 2 heterocycles. The zero-order valence-electron chi connectivity index (χ0n) is 12.2. The van der Waals surface area contributed by atoms with Crippen LogP contribution in [0.3, 0.4) is 0 Å². The Morgan fingerprint density at radius 3 is 2.68 bits per heavy atom. The first-order valence-electron chi connectivity index (χ1n) is 7.49. The van der Waals surface area contributed by atoms with Gasteiger partial charge in [-0.1, -0.05) is 0 Å². The van der Waals surface area contributed by atoms with Gasteiger partial charge < -0.3 is 15.5 Å². The van der Waals surface area contributed by atoms with E-state index in [1.807, 2.05) is 6.07 Å². The molecule has 1 atom stereocenters. The highest BCUT2D eigenvalue weighted by atomic mass is 19.1. The number of nitrogens with zero attached hydrogens (tertiary/aromatic N) is 1. The first kappa shape index (κ1) is 14.8. The summed E-state index contributed by atoms with van der Waals surface area (Å²) >= 11 is 0. The van der Waals surface area contributed by atoms with Crippen molar-refractivity contribution in [2.24, 2.45) is 0 Å². The Kier molecular flexibility index (Phi) is 4.24. The maximum Gasteiger partial charge on any atom is 0.249 e. The predicted molar refractivity (Wildman–Crippen MR) is 81.3 cm³/mol. The molecule has 1 aromatic carbocycles. The lowest BCUT2D eigenvalue weighted by molar-refractivity contribution is -0.133. The van der Waals surface area contributed by atoms with Gasteiger partial charge >= 0.3 is 0 Å². The van der Waals surface area contributed by atoms with Crippen molar-refractivity contribution in [3.05, 3.63) is 24.0 Å². The zero-order chi connectivity index (χ0) is 15.5. The van der Waals surface area contributed by atoms with Crippen LogP contribution in [-0.2, 0) is 9.59 Å². The van der Waals surface area contributed by atoms with Gasteiger partial charge in [-0.05, 0) is 24.6 Å².